The molecule has 1 heterocycles. The van der Waals surface area contributed by atoms with Crippen molar-refractivity contribution in [2.24, 2.45) is 0 Å². The van der Waals surface area contributed by atoms with Gasteiger partial charge in [0.1, 0.15) is 12.4 Å². The van der Waals surface area contributed by atoms with Crippen LogP contribution in [0.2, 0.25) is 0 Å². The number of hydrogen-bond donors (Lipinski definition) is 0. The number of esters is 1. The molecule has 0 aliphatic carbocycles. The van der Waals surface area contributed by atoms with Crippen molar-refractivity contribution in [2.75, 3.05) is 0 Å². The number of aryl methyl sites for hydroxylation is 1. The van der Waals surface area contributed by atoms with Gasteiger partial charge >= 0.3 is 11.6 Å². The lowest BCUT2D eigenvalue weighted by Gasteiger charge is -2.00. The Kier molecular flexibility index (Phi) is 2.84. The fourth-order valence-corrected chi connectivity index (χ4v) is 0.914. The van der Waals surface area contributed by atoms with Crippen molar-refractivity contribution in [3.63, 3.8) is 0 Å². The minimum absolute atomic E-state index is 0.00620. The number of rotatable bonds is 2. The summed E-state index contributed by atoms with van der Waals surface area (Å²) in [4.78, 5) is 21.3. The molecule has 0 amide bonds. The van der Waals surface area contributed by atoms with Crippen LogP contribution in [0, 0.1) is 6.92 Å². The van der Waals surface area contributed by atoms with Crippen LogP contribution in [0.4, 0.5) is 0 Å². The smallest absolute Gasteiger partial charge is 0.336 e. The minimum Gasteiger partial charge on any atom is -0.458 e. The maximum absolute atomic E-state index is 10.8. The van der Waals surface area contributed by atoms with Crippen LogP contribution in [0.15, 0.2) is 21.3 Å². The molecule has 0 radical (unpaired) electrons. The molecule has 1 rings (SSSR count). The lowest BCUT2D eigenvalue weighted by molar-refractivity contribution is -0.142. The Balaban J connectivity index is 2.77. The molecule has 13 heavy (non-hydrogen) atoms. The summed E-state index contributed by atoms with van der Waals surface area (Å²) in [7, 11) is 0. The van der Waals surface area contributed by atoms with Gasteiger partial charge < -0.3 is 9.15 Å². The molecule has 0 N–H and O–H groups in total. The zero-order valence-corrected chi connectivity index (χ0v) is 7.49. The molecular weight excluding hydrogens is 172 g/mol. The van der Waals surface area contributed by atoms with Crippen LogP contribution in [-0.4, -0.2) is 5.97 Å². The molecule has 4 nitrogen and oxygen atoms in total. The van der Waals surface area contributed by atoms with Crippen LogP contribution < -0.4 is 5.63 Å². The highest BCUT2D eigenvalue weighted by atomic mass is 16.5. The average Bonchev–Trinajstić information content (AvgIpc) is 1.99. The summed E-state index contributed by atoms with van der Waals surface area (Å²) in [5.74, 6) is -0.0376. The van der Waals surface area contributed by atoms with Crippen LogP contribution >= 0.6 is 0 Å². The number of carbonyl (C=O) groups excluding carboxylic acids is 1. The highest BCUT2D eigenvalue weighted by Crippen LogP contribution is 2.01. The Morgan fingerprint density at radius 1 is 1.54 bits per heavy atom. The van der Waals surface area contributed by atoms with E-state index in [4.69, 9.17) is 4.42 Å². The summed E-state index contributed by atoms with van der Waals surface area (Å²) in [5, 5.41) is 0. The Labute approximate surface area is 75.1 Å². The molecule has 70 valence electrons. The summed E-state index contributed by atoms with van der Waals surface area (Å²) >= 11 is 0. The van der Waals surface area contributed by atoms with E-state index in [0.29, 0.717) is 5.76 Å². The van der Waals surface area contributed by atoms with Gasteiger partial charge in [-0.3, -0.25) is 4.79 Å². The Morgan fingerprint density at radius 2 is 2.23 bits per heavy atom. The third kappa shape index (κ3) is 3.11. The van der Waals surface area contributed by atoms with Crippen LogP contribution in [0.25, 0.3) is 0 Å². The van der Waals surface area contributed by atoms with E-state index in [0.717, 1.165) is 5.56 Å². The highest BCUT2D eigenvalue weighted by molar-refractivity contribution is 5.65. The Bertz CT molecular complexity index is 364. The summed E-state index contributed by atoms with van der Waals surface area (Å²) in [5.41, 5.74) is 0.362. The second-order valence-corrected chi connectivity index (χ2v) is 2.70. The second kappa shape index (κ2) is 3.89. The van der Waals surface area contributed by atoms with E-state index in [1.165, 1.54) is 13.0 Å². The topological polar surface area (TPSA) is 56.5 Å². The second-order valence-electron chi connectivity index (χ2n) is 2.70. The van der Waals surface area contributed by atoms with Gasteiger partial charge in [0.05, 0.1) is 0 Å². The molecular formula is C9H10O4. The SMILES string of the molecule is CC(=O)OCc1cc(C)cc(=O)o1. The third-order valence-corrected chi connectivity index (χ3v) is 1.38. The maximum Gasteiger partial charge on any atom is 0.336 e. The molecule has 0 aliphatic heterocycles. The molecule has 0 aliphatic rings. The third-order valence-electron chi connectivity index (χ3n) is 1.38. The van der Waals surface area contributed by atoms with Crippen LogP contribution in [0.5, 0.6) is 0 Å². The quantitative estimate of drug-likeness (QED) is 0.640. The first-order valence-corrected chi connectivity index (χ1v) is 3.82. The molecule has 0 bridgehead atoms. The van der Waals surface area contributed by atoms with Crippen molar-refractivity contribution >= 4 is 5.97 Å². The number of hydrogen-bond acceptors (Lipinski definition) is 4. The van der Waals surface area contributed by atoms with Gasteiger partial charge in [-0.15, -0.1) is 0 Å². The zero-order valence-electron chi connectivity index (χ0n) is 7.49. The molecule has 1 aromatic heterocycles. The predicted octanol–water partition coefficient (Wildman–Crippen LogP) is 1.01. The number of carbonyl (C=O) groups is 1. The first-order valence-electron chi connectivity index (χ1n) is 3.82. The molecule has 0 aromatic carbocycles. The van der Waals surface area contributed by atoms with Gasteiger partial charge in [0, 0.05) is 13.0 Å². The van der Waals surface area contributed by atoms with Gasteiger partial charge in [0.2, 0.25) is 0 Å². The molecule has 1 aromatic rings. The Hall–Kier alpha value is -1.58. The molecule has 0 atom stereocenters. The van der Waals surface area contributed by atoms with Gasteiger partial charge in [-0.25, -0.2) is 4.79 Å². The van der Waals surface area contributed by atoms with Gasteiger partial charge in [0.15, 0.2) is 0 Å². The van der Waals surface area contributed by atoms with E-state index >= 15 is 0 Å². The fraction of sp³-hybridized carbons (Fsp3) is 0.333. The predicted molar refractivity (Wildman–Crippen MR) is 45.2 cm³/mol. The summed E-state index contributed by atoms with van der Waals surface area (Å²) in [6.07, 6.45) is 0. The van der Waals surface area contributed by atoms with Crippen molar-refractivity contribution in [3.05, 3.63) is 33.9 Å². The van der Waals surface area contributed by atoms with Crippen molar-refractivity contribution < 1.29 is 13.9 Å². The van der Waals surface area contributed by atoms with Crippen molar-refractivity contribution in [2.45, 2.75) is 20.5 Å². The minimum atomic E-state index is -0.429. The standard InChI is InChI=1S/C9H10O4/c1-6-3-8(5-12-7(2)10)13-9(11)4-6/h3-4H,5H2,1-2H3. The maximum atomic E-state index is 10.8. The van der Waals surface area contributed by atoms with Gasteiger partial charge in [-0.2, -0.15) is 0 Å². The van der Waals surface area contributed by atoms with Crippen LogP contribution in [0.3, 0.4) is 0 Å². The summed E-state index contributed by atoms with van der Waals surface area (Å²) < 4.78 is 9.44. The highest BCUT2D eigenvalue weighted by Gasteiger charge is 2.00. The lowest BCUT2D eigenvalue weighted by atomic mass is 10.3. The van der Waals surface area contributed by atoms with Crippen LogP contribution in [0.1, 0.15) is 18.2 Å². The summed E-state index contributed by atoms with van der Waals surface area (Å²) in [6.45, 7) is 3.08. The largest absolute Gasteiger partial charge is 0.458 e. The van der Waals surface area contributed by atoms with E-state index in [9.17, 15) is 9.59 Å². The molecule has 0 fully saturated rings. The number of ether oxygens (including phenoxy) is 1. The summed E-state index contributed by atoms with van der Waals surface area (Å²) in [6, 6.07) is 3.03. The molecule has 0 unspecified atom stereocenters. The first-order chi connectivity index (χ1) is 6.08. The monoisotopic (exact) mass is 182 g/mol. The van der Waals surface area contributed by atoms with E-state index < -0.39 is 11.6 Å². The molecule has 4 heteroatoms. The lowest BCUT2D eigenvalue weighted by Crippen LogP contribution is -2.04. The van der Waals surface area contributed by atoms with Crippen molar-refractivity contribution in [1.29, 1.82) is 0 Å². The van der Waals surface area contributed by atoms with E-state index in [-0.39, 0.29) is 6.61 Å². The van der Waals surface area contributed by atoms with Gasteiger partial charge in [-0.05, 0) is 18.6 Å². The Morgan fingerprint density at radius 3 is 2.77 bits per heavy atom. The fourth-order valence-electron chi connectivity index (χ4n) is 0.914. The van der Waals surface area contributed by atoms with Gasteiger partial charge in [0.25, 0.3) is 0 Å². The molecule has 0 saturated heterocycles. The van der Waals surface area contributed by atoms with Crippen molar-refractivity contribution in [1.82, 2.24) is 0 Å². The average molecular weight is 182 g/mol. The van der Waals surface area contributed by atoms with E-state index in [1.807, 2.05) is 0 Å². The first kappa shape index (κ1) is 9.51. The normalized spacial score (nSPS) is 9.69. The van der Waals surface area contributed by atoms with Gasteiger partial charge in [-0.1, -0.05) is 0 Å². The van der Waals surface area contributed by atoms with Crippen molar-refractivity contribution in [3.8, 4) is 0 Å². The molecule has 0 spiro atoms. The van der Waals surface area contributed by atoms with E-state index in [1.54, 1.807) is 13.0 Å². The molecule has 0 saturated carbocycles. The van der Waals surface area contributed by atoms with E-state index in [2.05, 4.69) is 4.74 Å². The zero-order chi connectivity index (χ0) is 9.84. The van der Waals surface area contributed by atoms with Crippen LogP contribution in [-0.2, 0) is 16.1 Å².